The van der Waals surface area contributed by atoms with E-state index >= 15 is 0 Å². The van der Waals surface area contributed by atoms with Gasteiger partial charge in [0, 0.05) is 42.5 Å². The van der Waals surface area contributed by atoms with Gasteiger partial charge in [-0.1, -0.05) is 43.2 Å². The fourth-order valence-corrected chi connectivity index (χ4v) is 6.09. The van der Waals surface area contributed by atoms with Crippen molar-refractivity contribution in [3.05, 3.63) is 90.0 Å². The van der Waals surface area contributed by atoms with Gasteiger partial charge in [0.2, 0.25) is 5.82 Å². The van der Waals surface area contributed by atoms with E-state index in [0.717, 1.165) is 43.4 Å². The molecule has 4 aromatic rings. The molecule has 1 N–H and O–H groups in total. The number of carbonyl (C=O) groups is 1. The molecule has 1 saturated heterocycles. The van der Waals surface area contributed by atoms with E-state index in [4.69, 9.17) is 0 Å². The van der Waals surface area contributed by atoms with Gasteiger partial charge in [-0.05, 0) is 43.0 Å². The third kappa shape index (κ3) is 3.59. The molecule has 1 aliphatic carbocycles. The lowest BCUT2D eigenvalue weighted by atomic mass is 9.66. The number of benzene rings is 2. The fourth-order valence-electron chi connectivity index (χ4n) is 6.09. The number of rotatable bonds is 3. The van der Waals surface area contributed by atoms with Crippen LogP contribution in [0.2, 0.25) is 0 Å². The lowest BCUT2D eigenvalue weighted by Gasteiger charge is -2.52. The highest BCUT2D eigenvalue weighted by Gasteiger charge is 2.50. The van der Waals surface area contributed by atoms with Crippen molar-refractivity contribution in [3.63, 3.8) is 0 Å². The number of piperidine rings is 1. The topological polar surface area (TPSA) is 70.7 Å². The minimum Gasteiger partial charge on any atom is -0.385 e. The monoisotopic (exact) mass is 488 g/mol. The zero-order valence-electron chi connectivity index (χ0n) is 19.6. The molecule has 1 saturated carbocycles. The summed E-state index contributed by atoms with van der Waals surface area (Å²) in [6.45, 7) is 0.376. The summed E-state index contributed by atoms with van der Waals surface area (Å²) < 4.78 is 29.8. The predicted octanol–water partition coefficient (Wildman–Crippen LogP) is 4.97. The first kappa shape index (κ1) is 22.8. The second-order valence-corrected chi connectivity index (χ2v) is 9.72. The summed E-state index contributed by atoms with van der Waals surface area (Å²) in [5, 5.41) is 11.8. The first-order valence-electron chi connectivity index (χ1n) is 12.3. The van der Waals surface area contributed by atoms with Crippen LogP contribution < -0.4 is 0 Å². The van der Waals surface area contributed by atoms with Crippen molar-refractivity contribution in [1.82, 2.24) is 19.3 Å². The first-order valence-corrected chi connectivity index (χ1v) is 12.3. The van der Waals surface area contributed by atoms with E-state index in [1.807, 2.05) is 35.2 Å². The van der Waals surface area contributed by atoms with Gasteiger partial charge in [0.15, 0.2) is 5.65 Å². The maximum atomic E-state index is 14.7. The van der Waals surface area contributed by atoms with E-state index in [-0.39, 0.29) is 34.9 Å². The molecule has 1 unspecified atom stereocenters. The van der Waals surface area contributed by atoms with Gasteiger partial charge < -0.3 is 10.0 Å². The van der Waals surface area contributed by atoms with Crippen LogP contribution in [-0.4, -0.2) is 42.9 Å². The molecule has 1 aliphatic heterocycles. The smallest absolute Gasteiger partial charge is 0.290 e. The van der Waals surface area contributed by atoms with Gasteiger partial charge >= 0.3 is 0 Å². The molecule has 6 rings (SSSR count). The summed E-state index contributed by atoms with van der Waals surface area (Å²) in [6.07, 6.45) is 7.26. The first-order chi connectivity index (χ1) is 17.5. The van der Waals surface area contributed by atoms with Crippen LogP contribution in [0.3, 0.4) is 0 Å². The Labute approximate surface area is 207 Å². The molecule has 184 valence electrons. The highest BCUT2D eigenvalue weighted by Crippen LogP contribution is 2.47. The summed E-state index contributed by atoms with van der Waals surface area (Å²) >= 11 is 0. The summed E-state index contributed by atoms with van der Waals surface area (Å²) in [6, 6.07) is 14.5. The Morgan fingerprint density at radius 2 is 1.86 bits per heavy atom. The van der Waals surface area contributed by atoms with Crippen molar-refractivity contribution < 1.29 is 18.7 Å². The fraction of sp³-hybridized carbons (Fsp3) is 0.321. The number of hydrogen-bond donors (Lipinski definition) is 1. The van der Waals surface area contributed by atoms with Crippen LogP contribution in [0.1, 0.15) is 48.3 Å². The van der Waals surface area contributed by atoms with E-state index in [1.54, 1.807) is 22.9 Å². The Kier molecular flexibility index (Phi) is 5.56. The Balaban J connectivity index is 1.40. The molecule has 8 heteroatoms. The Bertz CT molecular complexity index is 1440. The van der Waals surface area contributed by atoms with Crippen molar-refractivity contribution in [1.29, 1.82) is 0 Å². The zero-order valence-corrected chi connectivity index (χ0v) is 19.6. The van der Waals surface area contributed by atoms with Crippen molar-refractivity contribution in [2.45, 2.75) is 43.7 Å². The number of nitrogens with zero attached hydrogens (tertiary/aromatic N) is 4. The molecule has 2 fully saturated rings. The molecule has 0 bridgehead atoms. The van der Waals surface area contributed by atoms with Crippen LogP contribution in [0.5, 0.6) is 0 Å². The van der Waals surface area contributed by atoms with Gasteiger partial charge in [-0.3, -0.25) is 9.20 Å². The van der Waals surface area contributed by atoms with Crippen LogP contribution in [0.4, 0.5) is 8.78 Å². The average Bonchev–Trinajstić information content (AvgIpc) is 3.29. The third-order valence-corrected chi connectivity index (χ3v) is 7.79. The molecule has 0 radical (unpaired) electrons. The van der Waals surface area contributed by atoms with E-state index in [9.17, 15) is 18.7 Å². The van der Waals surface area contributed by atoms with Crippen LogP contribution in [-0.2, 0) is 5.60 Å². The second-order valence-electron chi connectivity index (χ2n) is 9.72. The normalized spacial score (nSPS) is 24.0. The number of carbonyl (C=O) groups excluding carboxylic acids is 1. The SMILES string of the molecule is O=C(c1nc(-c2ccc(F)cc2F)c2ncccn12)N1CCC(O)(c2ccccc2)[C@@H]2CCCC[C@@H]21. The molecule has 2 aromatic heterocycles. The Hall–Kier alpha value is -3.65. The number of amides is 1. The number of imidazole rings is 1. The molecule has 6 nitrogen and oxygen atoms in total. The second kappa shape index (κ2) is 8.78. The third-order valence-electron chi connectivity index (χ3n) is 7.79. The van der Waals surface area contributed by atoms with Gasteiger partial charge in [0.05, 0.1) is 5.60 Å². The zero-order chi connectivity index (χ0) is 24.9. The number of hydrogen-bond acceptors (Lipinski definition) is 4. The van der Waals surface area contributed by atoms with Gasteiger partial charge in [-0.2, -0.15) is 0 Å². The average molecular weight is 489 g/mol. The minimum absolute atomic E-state index is 0.0827. The van der Waals surface area contributed by atoms with Gasteiger partial charge in [0.25, 0.3) is 5.91 Å². The molecule has 3 atom stereocenters. The van der Waals surface area contributed by atoms with Crippen LogP contribution >= 0.6 is 0 Å². The molecular formula is C28H26F2N4O2. The molecule has 1 amide bonds. The van der Waals surface area contributed by atoms with E-state index in [0.29, 0.717) is 18.6 Å². The quantitative estimate of drug-likeness (QED) is 0.442. The molecule has 36 heavy (non-hydrogen) atoms. The van der Waals surface area contributed by atoms with Crippen molar-refractivity contribution >= 4 is 11.6 Å². The predicted molar refractivity (Wildman–Crippen MR) is 130 cm³/mol. The van der Waals surface area contributed by atoms with E-state index < -0.39 is 17.2 Å². The van der Waals surface area contributed by atoms with E-state index in [2.05, 4.69) is 9.97 Å². The van der Waals surface area contributed by atoms with Crippen molar-refractivity contribution in [2.75, 3.05) is 6.54 Å². The summed E-state index contributed by atoms with van der Waals surface area (Å²) in [5.41, 5.74) is 0.485. The van der Waals surface area contributed by atoms with Gasteiger partial charge in [-0.25, -0.2) is 18.7 Å². The van der Waals surface area contributed by atoms with E-state index in [1.165, 1.54) is 6.07 Å². The Morgan fingerprint density at radius 1 is 1.06 bits per heavy atom. The van der Waals surface area contributed by atoms with Gasteiger partial charge in [0.1, 0.15) is 17.3 Å². The highest BCUT2D eigenvalue weighted by molar-refractivity contribution is 5.94. The number of aromatic nitrogens is 3. The lowest BCUT2D eigenvalue weighted by molar-refractivity contribution is -0.110. The van der Waals surface area contributed by atoms with Crippen LogP contribution in [0.15, 0.2) is 67.0 Å². The summed E-state index contributed by atoms with van der Waals surface area (Å²) in [5.74, 6) is -1.70. The Morgan fingerprint density at radius 3 is 2.67 bits per heavy atom. The van der Waals surface area contributed by atoms with Crippen LogP contribution in [0, 0.1) is 17.6 Å². The number of likely N-dealkylation sites (tertiary alicyclic amines) is 1. The van der Waals surface area contributed by atoms with Crippen LogP contribution in [0.25, 0.3) is 16.9 Å². The summed E-state index contributed by atoms with van der Waals surface area (Å²) in [4.78, 5) is 24.7. The van der Waals surface area contributed by atoms with Crippen molar-refractivity contribution in [3.8, 4) is 11.3 Å². The molecule has 3 heterocycles. The highest BCUT2D eigenvalue weighted by atomic mass is 19.1. The van der Waals surface area contributed by atoms with Crippen molar-refractivity contribution in [2.24, 2.45) is 5.92 Å². The maximum Gasteiger partial charge on any atom is 0.290 e. The molecule has 2 aliphatic rings. The lowest BCUT2D eigenvalue weighted by Crippen LogP contribution is -2.59. The molecular weight excluding hydrogens is 462 g/mol. The maximum absolute atomic E-state index is 14.7. The molecule has 2 aromatic carbocycles. The summed E-state index contributed by atoms with van der Waals surface area (Å²) in [7, 11) is 0. The largest absolute Gasteiger partial charge is 0.385 e. The number of fused-ring (bicyclic) bond motifs is 2. The number of aliphatic hydroxyl groups is 1. The number of halogens is 2. The standard InChI is InChI=1S/C28H26F2N4O2/c29-19-11-12-20(22(30)17-19)24-25-31-14-6-15-34(25)26(32-24)27(35)33-16-13-28(36,18-7-2-1-3-8-18)21-9-4-5-10-23(21)33/h1-3,6-8,11-12,14-15,17,21,23,36H,4-5,9-10,13,16H2/t21-,23+,28?/m1/s1. The minimum atomic E-state index is -0.998. The van der Waals surface area contributed by atoms with Gasteiger partial charge in [-0.15, -0.1) is 0 Å². The molecule has 0 spiro atoms.